The standard InChI is InChI=1S/C28H28BrN3O2/c1-19-12-13-20(2)26(16-19)34-15-7-14-31-25-11-6-4-9-23(25)30-28(31)21-17-27(33)32(18-21)24-10-5-3-8-22(24)29/h3-6,8-13,16,21H,7,14-15,17-18H2,1-2H3. The van der Waals surface area contributed by atoms with Crippen LogP contribution >= 0.6 is 15.9 Å². The highest BCUT2D eigenvalue weighted by Crippen LogP contribution is 2.36. The van der Waals surface area contributed by atoms with Gasteiger partial charge in [-0.1, -0.05) is 36.4 Å². The van der Waals surface area contributed by atoms with Crippen LogP contribution in [0.4, 0.5) is 5.69 Å². The number of hydrogen-bond donors (Lipinski definition) is 0. The van der Waals surface area contributed by atoms with Gasteiger partial charge in [-0.05, 0) is 77.7 Å². The first kappa shape index (κ1) is 22.7. The molecule has 5 nitrogen and oxygen atoms in total. The van der Waals surface area contributed by atoms with Gasteiger partial charge in [-0.15, -0.1) is 0 Å². The second-order valence-corrected chi connectivity index (χ2v) is 9.79. The largest absolute Gasteiger partial charge is 0.493 e. The number of halogens is 1. The van der Waals surface area contributed by atoms with Crippen LogP contribution < -0.4 is 9.64 Å². The van der Waals surface area contributed by atoms with Crippen molar-refractivity contribution in [2.45, 2.75) is 39.2 Å². The van der Waals surface area contributed by atoms with Crippen molar-refractivity contribution in [3.63, 3.8) is 0 Å². The summed E-state index contributed by atoms with van der Waals surface area (Å²) in [5.41, 5.74) is 5.34. The Bertz CT molecular complexity index is 1350. The smallest absolute Gasteiger partial charge is 0.227 e. The number of imidazole rings is 1. The van der Waals surface area contributed by atoms with Crippen LogP contribution in [0, 0.1) is 13.8 Å². The Kier molecular flexibility index (Phi) is 6.42. The molecule has 4 aromatic rings. The van der Waals surface area contributed by atoms with Crippen LogP contribution in [0.3, 0.4) is 0 Å². The van der Waals surface area contributed by atoms with Gasteiger partial charge in [0.15, 0.2) is 0 Å². The minimum Gasteiger partial charge on any atom is -0.493 e. The summed E-state index contributed by atoms with van der Waals surface area (Å²) in [6.45, 7) is 6.20. The first-order valence-corrected chi connectivity index (χ1v) is 12.5. The van der Waals surface area contributed by atoms with E-state index in [4.69, 9.17) is 9.72 Å². The molecule has 1 atom stereocenters. The van der Waals surface area contributed by atoms with Crippen LogP contribution in [-0.4, -0.2) is 28.6 Å². The van der Waals surface area contributed by atoms with Gasteiger partial charge < -0.3 is 14.2 Å². The predicted molar refractivity (Wildman–Crippen MR) is 140 cm³/mol. The molecule has 0 bridgehead atoms. The molecule has 174 valence electrons. The molecule has 0 aliphatic carbocycles. The predicted octanol–water partition coefficient (Wildman–Crippen LogP) is 6.41. The van der Waals surface area contributed by atoms with Crippen molar-refractivity contribution in [1.29, 1.82) is 0 Å². The van der Waals surface area contributed by atoms with Crippen LogP contribution in [0.1, 0.15) is 35.7 Å². The second-order valence-electron chi connectivity index (χ2n) is 8.94. The van der Waals surface area contributed by atoms with E-state index in [1.54, 1.807) is 0 Å². The molecule has 0 saturated carbocycles. The Balaban J connectivity index is 1.36. The zero-order valence-corrected chi connectivity index (χ0v) is 21.1. The van der Waals surface area contributed by atoms with Gasteiger partial charge in [0.1, 0.15) is 11.6 Å². The number of para-hydroxylation sites is 3. The summed E-state index contributed by atoms with van der Waals surface area (Å²) >= 11 is 3.59. The molecule has 6 heteroatoms. The Morgan fingerprint density at radius 3 is 2.71 bits per heavy atom. The van der Waals surface area contributed by atoms with E-state index in [0.717, 1.165) is 51.3 Å². The van der Waals surface area contributed by atoms with Gasteiger partial charge in [0.25, 0.3) is 0 Å². The van der Waals surface area contributed by atoms with E-state index in [9.17, 15) is 4.79 Å². The number of ether oxygens (including phenoxy) is 1. The third-order valence-electron chi connectivity index (χ3n) is 6.44. The second kappa shape index (κ2) is 9.63. The molecule has 1 aromatic heterocycles. The van der Waals surface area contributed by atoms with E-state index in [2.05, 4.69) is 58.6 Å². The van der Waals surface area contributed by atoms with Crippen molar-refractivity contribution in [2.24, 2.45) is 0 Å². The number of aryl methyl sites for hydroxylation is 3. The van der Waals surface area contributed by atoms with Crippen LogP contribution in [0.2, 0.25) is 0 Å². The summed E-state index contributed by atoms with van der Waals surface area (Å²) in [6, 6.07) is 22.4. The molecular formula is C28H28BrN3O2. The fraction of sp³-hybridized carbons (Fsp3) is 0.286. The number of fused-ring (bicyclic) bond motifs is 1. The summed E-state index contributed by atoms with van der Waals surface area (Å²) in [5.74, 6) is 2.11. The van der Waals surface area contributed by atoms with Gasteiger partial charge >= 0.3 is 0 Å². The van der Waals surface area contributed by atoms with Gasteiger partial charge in [-0.2, -0.15) is 0 Å². The average molecular weight is 518 g/mol. The van der Waals surface area contributed by atoms with Crippen molar-refractivity contribution in [2.75, 3.05) is 18.1 Å². The Labute approximate surface area is 208 Å². The summed E-state index contributed by atoms with van der Waals surface area (Å²) in [7, 11) is 0. The van der Waals surface area contributed by atoms with Crippen molar-refractivity contribution in [3.05, 3.63) is 88.2 Å². The number of aromatic nitrogens is 2. The lowest BCUT2D eigenvalue weighted by Crippen LogP contribution is -2.25. The zero-order valence-electron chi connectivity index (χ0n) is 19.5. The first-order chi connectivity index (χ1) is 16.5. The molecule has 2 heterocycles. The number of nitrogens with zero attached hydrogens (tertiary/aromatic N) is 3. The maximum atomic E-state index is 13.0. The fourth-order valence-corrected chi connectivity index (χ4v) is 5.19. The topological polar surface area (TPSA) is 47.4 Å². The van der Waals surface area contributed by atoms with Gasteiger partial charge in [0.05, 0.1) is 23.3 Å². The minimum atomic E-state index is 0.0481. The van der Waals surface area contributed by atoms with Crippen molar-refractivity contribution in [1.82, 2.24) is 9.55 Å². The van der Waals surface area contributed by atoms with E-state index in [1.165, 1.54) is 5.56 Å². The molecule has 5 rings (SSSR count). The highest BCUT2D eigenvalue weighted by atomic mass is 79.9. The van der Waals surface area contributed by atoms with Gasteiger partial charge in [-0.3, -0.25) is 4.79 Å². The average Bonchev–Trinajstić information content (AvgIpc) is 3.39. The van der Waals surface area contributed by atoms with Gasteiger partial charge in [0.2, 0.25) is 5.91 Å². The molecule has 1 aliphatic heterocycles. The van der Waals surface area contributed by atoms with Crippen molar-refractivity contribution in [3.8, 4) is 5.75 Å². The molecule has 1 unspecified atom stereocenters. The van der Waals surface area contributed by atoms with E-state index in [1.807, 2.05) is 47.4 Å². The van der Waals surface area contributed by atoms with Crippen LogP contribution in [0.15, 0.2) is 71.2 Å². The lowest BCUT2D eigenvalue weighted by atomic mass is 10.1. The van der Waals surface area contributed by atoms with Crippen LogP contribution in [0.25, 0.3) is 11.0 Å². The highest BCUT2D eigenvalue weighted by molar-refractivity contribution is 9.10. The number of rotatable bonds is 7. The Hall–Kier alpha value is -3.12. The summed E-state index contributed by atoms with van der Waals surface area (Å²) in [5, 5.41) is 0. The summed E-state index contributed by atoms with van der Waals surface area (Å²) in [4.78, 5) is 19.8. The fourth-order valence-electron chi connectivity index (χ4n) is 4.69. The number of carbonyl (C=O) groups excluding carboxylic acids is 1. The van der Waals surface area contributed by atoms with Crippen LogP contribution in [-0.2, 0) is 11.3 Å². The Morgan fingerprint density at radius 2 is 1.85 bits per heavy atom. The zero-order chi connectivity index (χ0) is 23.7. The molecule has 0 radical (unpaired) electrons. The van der Waals surface area contributed by atoms with Crippen LogP contribution in [0.5, 0.6) is 5.75 Å². The molecule has 0 N–H and O–H groups in total. The quantitative estimate of drug-likeness (QED) is 0.266. The van der Waals surface area contributed by atoms with E-state index >= 15 is 0 Å². The SMILES string of the molecule is Cc1ccc(C)c(OCCCn2c(C3CC(=O)N(c4ccccc4Br)C3)nc3ccccc32)c1. The number of benzene rings is 3. The third-order valence-corrected chi connectivity index (χ3v) is 7.12. The maximum Gasteiger partial charge on any atom is 0.227 e. The van der Waals surface area contributed by atoms with E-state index in [-0.39, 0.29) is 11.8 Å². The lowest BCUT2D eigenvalue weighted by molar-refractivity contribution is -0.117. The number of amides is 1. The molecule has 1 aliphatic rings. The number of carbonyl (C=O) groups is 1. The summed E-state index contributed by atoms with van der Waals surface area (Å²) < 4.78 is 9.31. The molecule has 0 spiro atoms. The van der Waals surface area contributed by atoms with Gasteiger partial charge in [0, 0.05) is 29.9 Å². The molecular weight excluding hydrogens is 490 g/mol. The van der Waals surface area contributed by atoms with E-state index < -0.39 is 0 Å². The molecule has 1 fully saturated rings. The Morgan fingerprint density at radius 1 is 1.06 bits per heavy atom. The highest BCUT2D eigenvalue weighted by Gasteiger charge is 2.35. The van der Waals surface area contributed by atoms with Gasteiger partial charge in [-0.25, -0.2) is 4.98 Å². The monoisotopic (exact) mass is 517 g/mol. The first-order valence-electron chi connectivity index (χ1n) is 11.7. The molecule has 1 amide bonds. The molecule has 3 aromatic carbocycles. The van der Waals surface area contributed by atoms with Crippen molar-refractivity contribution >= 4 is 38.6 Å². The van der Waals surface area contributed by atoms with E-state index in [0.29, 0.717) is 19.6 Å². The maximum absolute atomic E-state index is 13.0. The normalized spacial score (nSPS) is 15.9. The molecule has 34 heavy (non-hydrogen) atoms. The minimum absolute atomic E-state index is 0.0481. The lowest BCUT2D eigenvalue weighted by Gasteiger charge is -2.19. The summed E-state index contributed by atoms with van der Waals surface area (Å²) in [6.07, 6.45) is 1.32. The number of hydrogen-bond acceptors (Lipinski definition) is 3. The van der Waals surface area contributed by atoms with Crippen molar-refractivity contribution < 1.29 is 9.53 Å². The molecule has 1 saturated heterocycles. The number of anilines is 1. The third kappa shape index (κ3) is 4.47.